The predicted octanol–water partition coefficient (Wildman–Crippen LogP) is 5.85. The zero-order valence-electron chi connectivity index (χ0n) is 10.4. The van der Waals surface area contributed by atoms with E-state index in [0.717, 1.165) is 6.07 Å². The zero-order chi connectivity index (χ0) is 16.7. The van der Waals surface area contributed by atoms with Crippen LogP contribution in [-0.2, 0) is 5.92 Å². The van der Waals surface area contributed by atoms with Crippen LogP contribution in [0.25, 0.3) is 11.1 Å². The lowest BCUT2D eigenvalue weighted by Crippen LogP contribution is -2.34. The smallest absolute Gasteiger partial charge is 0.224 e. The van der Waals surface area contributed by atoms with Gasteiger partial charge in [0.1, 0.15) is 16.1 Å². The van der Waals surface area contributed by atoms with Crippen molar-refractivity contribution >= 4 is 23.2 Å². The van der Waals surface area contributed by atoms with Gasteiger partial charge in [-0.2, -0.15) is 22.0 Å². The van der Waals surface area contributed by atoms with E-state index in [0.29, 0.717) is 12.1 Å². The number of pyridine rings is 1. The van der Waals surface area contributed by atoms with Gasteiger partial charge in [0.25, 0.3) is 0 Å². The van der Waals surface area contributed by atoms with Crippen LogP contribution in [-0.4, -0.2) is 11.2 Å². The SMILES string of the molecule is Fc1cc(-c2cc(Cl)nc(Cl)c2)ccc1C(F)(F)C(F)(F)F. The molecule has 0 saturated carbocycles. The Bertz CT molecular complexity index is 694. The first kappa shape index (κ1) is 16.9. The number of rotatable bonds is 2. The molecule has 0 fully saturated rings. The van der Waals surface area contributed by atoms with Crippen molar-refractivity contribution in [3.63, 3.8) is 0 Å². The van der Waals surface area contributed by atoms with Gasteiger partial charge in [0, 0.05) is 0 Å². The number of hydrogen-bond donors (Lipinski definition) is 0. The summed E-state index contributed by atoms with van der Waals surface area (Å²) in [5, 5.41) is -0.0692. The highest BCUT2D eigenvalue weighted by molar-refractivity contribution is 6.32. The Morgan fingerprint density at radius 3 is 1.82 bits per heavy atom. The summed E-state index contributed by atoms with van der Waals surface area (Å²) in [6.07, 6.45) is -5.89. The van der Waals surface area contributed by atoms with E-state index in [-0.39, 0.29) is 21.4 Å². The van der Waals surface area contributed by atoms with Crippen LogP contribution in [0.3, 0.4) is 0 Å². The Hall–Kier alpha value is -1.47. The molecule has 118 valence electrons. The van der Waals surface area contributed by atoms with Gasteiger partial charge in [0.15, 0.2) is 0 Å². The van der Waals surface area contributed by atoms with E-state index in [1.54, 1.807) is 0 Å². The molecular formula is C13H5Cl2F6N. The van der Waals surface area contributed by atoms with Crippen LogP contribution in [0.4, 0.5) is 26.3 Å². The molecule has 0 aliphatic heterocycles. The normalized spacial score (nSPS) is 12.5. The third-order valence-electron chi connectivity index (χ3n) is 2.76. The Morgan fingerprint density at radius 1 is 0.818 bits per heavy atom. The molecule has 2 rings (SSSR count). The lowest BCUT2D eigenvalue weighted by molar-refractivity contribution is -0.290. The maximum atomic E-state index is 13.7. The van der Waals surface area contributed by atoms with Crippen molar-refractivity contribution in [2.75, 3.05) is 0 Å². The van der Waals surface area contributed by atoms with Gasteiger partial charge in [-0.05, 0) is 35.4 Å². The van der Waals surface area contributed by atoms with Crippen LogP contribution < -0.4 is 0 Å². The van der Waals surface area contributed by atoms with Crippen molar-refractivity contribution in [2.24, 2.45) is 0 Å². The summed E-state index contributed by atoms with van der Waals surface area (Å²) in [4.78, 5) is 3.64. The minimum atomic E-state index is -5.89. The molecule has 0 radical (unpaired) electrons. The second-order valence-electron chi connectivity index (χ2n) is 4.27. The van der Waals surface area contributed by atoms with E-state index in [1.807, 2.05) is 0 Å². The van der Waals surface area contributed by atoms with E-state index in [1.165, 1.54) is 12.1 Å². The van der Waals surface area contributed by atoms with Gasteiger partial charge in [-0.25, -0.2) is 9.37 Å². The van der Waals surface area contributed by atoms with Gasteiger partial charge in [0.2, 0.25) is 0 Å². The van der Waals surface area contributed by atoms with E-state index in [2.05, 4.69) is 4.98 Å². The summed E-state index contributed by atoms with van der Waals surface area (Å²) in [7, 11) is 0. The van der Waals surface area contributed by atoms with Crippen LogP contribution in [0.1, 0.15) is 5.56 Å². The molecule has 0 bridgehead atoms. The van der Waals surface area contributed by atoms with Crippen molar-refractivity contribution in [1.82, 2.24) is 4.98 Å². The fourth-order valence-corrected chi connectivity index (χ4v) is 2.19. The summed E-state index contributed by atoms with van der Waals surface area (Å²) in [6, 6.07) is 4.38. The molecule has 0 spiro atoms. The lowest BCUT2D eigenvalue weighted by Gasteiger charge is -2.20. The topological polar surface area (TPSA) is 12.9 Å². The molecule has 0 unspecified atom stereocenters. The molecule has 22 heavy (non-hydrogen) atoms. The fraction of sp³-hybridized carbons (Fsp3) is 0.154. The highest BCUT2D eigenvalue weighted by Crippen LogP contribution is 2.45. The van der Waals surface area contributed by atoms with E-state index in [9.17, 15) is 26.3 Å². The largest absolute Gasteiger partial charge is 0.458 e. The third kappa shape index (κ3) is 3.15. The average Bonchev–Trinajstić information content (AvgIpc) is 2.35. The molecule has 0 saturated heterocycles. The first-order valence-corrected chi connectivity index (χ1v) is 6.36. The molecule has 1 nitrogen and oxygen atoms in total. The minimum Gasteiger partial charge on any atom is -0.224 e. The minimum absolute atomic E-state index is 0.0328. The standard InChI is InChI=1S/C13H5Cl2F6N/c14-10-4-7(5-11(15)22-10)6-1-2-8(9(16)3-6)12(17,18)13(19,20)21/h1-5H. The molecule has 0 aliphatic carbocycles. The first-order valence-electron chi connectivity index (χ1n) is 5.60. The molecule has 0 N–H and O–H groups in total. The Morgan fingerprint density at radius 2 is 1.36 bits per heavy atom. The van der Waals surface area contributed by atoms with Crippen molar-refractivity contribution in [1.29, 1.82) is 0 Å². The first-order chi connectivity index (χ1) is 10.0. The predicted molar refractivity (Wildman–Crippen MR) is 69.6 cm³/mol. The molecular weight excluding hydrogens is 355 g/mol. The molecule has 1 aromatic heterocycles. The number of halogens is 8. The summed E-state index contributed by atoms with van der Waals surface area (Å²) in [5.74, 6) is -6.98. The van der Waals surface area contributed by atoms with Gasteiger partial charge in [0.05, 0.1) is 5.56 Å². The van der Waals surface area contributed by atoms with Crippen LogP contribution >= 0.6 is 23.2 Å². The second-order valence-corrected chi connectivity index (χ2v) is 5.04. The van der Waals surface area contributed by atoms with Crippen molar-refractivity contribution in [3.8, 4) is 11.1 Å². The van der Waals surface area contributed by atoms with Crippen LogP contribution in [0.5, 0.6) is 0 Å². The van der Waals surface area contributed by atoms with Crippen LogP contribution in [0.2, 0.25) is 10.3 Å². The highest BCUT2D eigenvalue weighted by atomic mass is 35.5. The van der Waals surface area contributed by atoms with E-state index >= 15 is 0 Å². The molecule has 1 aromatic carbocycles. The van der Waals surface area contributed by atoms with Crippen LogP contribution in [0.15, 0.2) is 30.3 Å². The fourth-order valence-electron chi connectivity index (χ4n) is 1.73. The molecule has 0 atom stereocenters. The van der Waals surface area contributed by atoms with Crippen molar-refractivity contribution in [2.45, 2.75) is 12.1 Å². The molecule has 1 heterocycles. The monoisotopic (exact) mass is 359 g/mol. The number of alkyl halides is 5. The Balaban J connectivity index is 2.51. The Kier molecular flexibility index (Phi) is 4.32. The molecule has 0 amide bonds. The van der Waals surface area contributed by atoms with Gasteiger partial charge in [-0.1, -0.05) is 29.3 Å². The summed E-state index contributed by atoms with van der Waals surface area (Å²) in [5.41, 5.74) is -1.49. The van der Waals surface area contributed by atoms with Crippen LogP contribution in [0, 0.1) is 5.82 Å². The van der Waals surface area contributed by atoms with Crippen molar-refractivity contribution < 1.29 is 26.3 Å². The third-order valence-corrected chi connectivity index (χ3v) is 3.15. The number of hydrogen-bond acceptors (Lipinski definition) is 1. The molecule has 2 aromatic rings. The van der Waals surface area contributed by atoms with Gasteiger partial charge < -0.3 is 0 Å². The lowest BCUT2D eigenvalue weighted by atomic mass is 10.0. The second kappa shape index (κ2) is 5.62. The summed E-state index contributed by atoms with van der Waals surface area (Å²) < 4.78 is 76.8. The summed E-state index contributed by atoms with van der Waals surface area (Å²) >= 11 is 11.3. The number of aromatic nitrogens is 1. The molecule has 0 aliphatic rings. The summed E-state index contributed by atoms with van der Waals surface area (Å²) in [6.45, 7) is 0. The van der Waals surface area contributed by atoms with E-state index < -0.39 is 23.5 Å². The maximum absolute atomic E-state index is 13.7. The number of nitrogens with zero attached hydrogens (tertiary/aromatic N) is 1. The molecule has 9 heteroatoms. The quantitative estimate of drug-likeness (QED) is 0.484. The van der Waals surface area contributed by atoms with Crippen molar-refractivity contribution in [3.05, 3.63) is 52.0 Å². The average molecular weight is 360 g/mol. The van der Waals surface area contributed by atoms with E-state index in [4.69, 9.17) is 23.2 Å². The maximum Gasteiger partial charge on any atom is 0.458 e. The highest BCUT2D eigenvalue weighted by Gasteiger charge is 2.59. The van der Waals surface area contributed by atoms with Gasteiger partial charge >= 0.3 is 12.1 Å². The number of benzene rings is 1. The van der Waals surface area contributed by atoms with Gasteiger partial charge in [-0.15, -0.1) is 0 Å². The zero-order valence-corrected chi connectivity index (χ0v) is 11.9. The Labute approximate surface area is 130 Å². The van der Waals surface area contributed by atoms with Gasteiger partial charge in [-0.3, -0.25) is 0 Å².